The molecule has 2 heteroatoms. The average Bonchev–Trinajstić information content (AvgIpc) is 2.77. The van der Waals surface area contributed by atoms with Gasteiger partial charge in [-0.2, -0.15) is 0 Å². The highest BCUT2D eigenvalue weighted by Crippen LogP contribution is 2.29. The van der Waals surface area contributed by atoms with Crippen molar-refractivity contribution in [2.24, 2.45) is 0 Å². The normalized spacial score (nSPS) is 20.9. The van der Waals surface area contributed by atoms with Gasteiger partial charge < -0.3 is 9.88 Å². The van der Waals surface area contributed by atoms with E-state index in [0.717, 1.165) is 19.5 Å². The van der Waals surface area contributed by atoms with E-state index < -0.39 is 0 Å². The van der Waals surface area contributed by atoms with Crippen molar-refractivity contribution in [2.75, 3.05) is 20.1 Å². The van der Waals surface area contributed by atoms with Crippen LogP contribution in [-0.2, 0) is 6.42 Å². The Hall–Kier alpha value is -1.54. The molecule has 3 rings (SSSR count). The summed E-state index contributed by atoms with van der Waals surface area (Å²) in [5, 5.41) is 0. The van der Waals surface area contributed by atoms with Gasteiger partial charge in [0, 0.05) is 30.9 Å². The molecule has 1 aromatic heterocycles. The minimum atomic E-state index is 0.480. The van der Waals surface area contributed by atoms with Crippen molar-refractivity contribution in [3.63, 3.8) is 0 Å². The van der Waals surface area contributed by atoms with Crippen LogP contribution in [0.15, 0.2) is 42.6 Å². The van der Waals surface area contributed by atoms with Crippen LogP contribution in [0.3, 0.4) is 0 Å². The topological polar surface area (TPSA) is 19.0 Å². The maximum absolute atomic E-state index is 3.44. The number of aromatic amines is 1. The molecule has 0 fully saturated rings. The van der Waals surface area contributed by atoms with E-state index in [1.165, 1.54) is 16.8 Å². The highest BCUT2D eigenvalue weighted by Gasteiger charge is 2.23. The van der Waals surface area contributed by atoms with Crippen molar-refractivity contribution >= 4 is 0 Å². The Balaban J connectivity index is 2.03. The SMILES string of the molecule is CN1CCc2cc[nH]c2C(c2ccccc2)C1. The number of rotatable bonds is 1. The monoisotopic (exact) mass is 226 g/mol. The summed E-state index contributed by atoms with van der Waals surface area (Å²) in [5.74, 6) is 0.480. The lowest BCUT2D eigenvalue weighted by Gasteiger charge is -2.20. The Morgan fingerprint density at radius 1 is 1.18 bits per heavy atom. The fraction of sp³-hybridized carbons (Fsp3) is 0.333. The van der Waals surface area contributed by atoms with E-state index in [9.17, 15) is 0 Å². The molecule has 88 valence electrons. The zero-order valence-corrected chi connectivity index (χ0v) is 10.2. The second-order valence-electron chi connectivity index (χ2n) is 4.89. The molecule has 2 aromatic rings. The standard InChI is InChI=1S/C15H18N2/c1-17-10-8-13-7-9-16-15(13)14(11-17)12-5-3-2-4-6-12/h2-7,9,14,16H,8,10-11H2,1H3. The van der Waals surface area contributed by atoms with Crippen molar-refractivity contribution in [2.45, 2.75) is 12.3 Å². The van der Waals surface area contributed by atoms with E-state index in [-0.39, 0.29) is 0 Å². The minimum absolute atomic E-state index is 0.480. The van der Waals surface area contributed by atoms with Gasteiger partial charge in [-0.1, -0.05) is 30.3 Å². The quantitative estimate of drug-likeness (QED) is 0.792. The van der Waals surface area contributed by atoms with Crippen LogP contribution in [0.1, 0.15) is 22.7 Å². The third kappa shape index (κ3) is 2.01. The Kier molecular flexibility index (Phi) is 2.73. The summed E-state index contributed by atoms with van der Waals surface area (Å²) < 4.78 is 0. The van der Waals surface area contributed by atoms with Crippen LogP contribution in [0.25, 0.3) is 0 Å². The van der Waals surface area contributed by atoms with E-state index in [1.807, 2.05) is 0 Å². The number of fused-ring (bicyclic) bond motifs is 1. The van der Waals surface area contributed by atoms with E-state index >= 15 is 0 Å². The fourth-order valence-electron chi connectivity index (χ4n) is 2.72. The summed E-state index contributed by atoms with van der Waals surface area (Å²) in [6, 6.07) is 13.0. The van der Waals surface area contributed by atoms with E-state index in [1.54, 1.807) is 0 Å². The molecule has 1 N–H and O–H groups in total. The first kappa shape index (κ1) is 10.6. The van der Waals surface area contributed by atoms with Gasteiger partial charge in [-0.15, -0.1) is 0 Å². The molecular weight excluding hydrogens is 208 g/mol. The molecule has 2 heterocycles. The molecule has 2 nitrogen and oxygen atoms in total. The summed E-state index contributed by atoms with van der Waals surface area (Å²) in [5.41, 5.74) is 4.29. The molecule has 0 saturated heterocycles. The molecule has 1 aromatic carbocycles. The van der Waals surface area contributed by atoms with Crippen molar-refractivity contribution in [3.05, 3.63) is 59.4 Å². The van der Waals surface area contributed by atoms with E-state index in [2.05, 4.69) is 59.5 Å². The number of nitrogens with one attached hydrogen (secondary N) is 1. The molecule has 0 spiro atoms. The molecule has 1 aliphatic rings. The zero-order chi connectivity index (χ0) is 11.7. The Morgan fingerprint density at radius 2 is 2.00 bits per heavy atom. The van der Waals surface area contributed by atoms with Gasteiger partial charge in [0.2, 0.25) is 0 Å². The summed E-state index contributed by atoms with van der Waals surface area (Å²) in [7, 11) is 2.21. The van der Waals surface area contributed by atoms with Gasteiger partial charge in [-0.25, -0.2) is 0 Å². The van der Waals surface area contributed by atoms with Crippen LogP contribution in [0, 0.1) is 0 Å². The van der Waals surface area contributed by atoms with Crippen LogP contribution in [0.2, 0.25) is 0 Å². The maximum Gasteiger partial charge on any atom is 0.0370 e. The number of H-pyrrole nitrogens is 1. The first-order chi connectivity index (χ1) is 8.34. The first-order valence-electron chi connectivity index (χ1n) is 6.24. The highest BCUT2D eigenvalue weighted by molar-refractivity contribution is 5.35. The minimum Gasteiger partial charge on any atom is -0.364 e. The van der Waals surface area contributed by atoms with E-state index in [0.29, 0.717) is 5.92 Å². The molecule has 1 aliphatic heterocycles. The lowest BCUT2D eigenvalue weighted by molar-refractivity contribution is 0.337. The maximum atomic E-state index is 3.44. The van der Waals surface area contributed by atoms with E-state index in [4.69, 9.17) is 0 Å². The van der Waals surface area contributed by atoms with Crippen LogP contribution in [0.5, 0.6) is 0 Å². The number of benzene rings is 1. The van der Waals surface area contributed by atoms with Gasteiger partial charge in [0.1, 0.15) is 0 Å². The van der Waals surface area contributed by atoms with Crippen LogP contribution >= 0.6 is 0 Å². The molecule has 0 aliphatic carbocycles. The predicted octanol–water partition coefficient (Wildman–Crippen LogP) is 2.63. The number of likely N-dealkylation sites (N-methyl/N-ethyl adjacent to an activating group) is 1. The molecule has 1 atom stereocenters. The van der Waals surface area contributed by atoms with Gasteiger partial charge in [-0.05, 0) is 30.7 Å². The zero-order valence-electron chi connectivity index (χ0n) is 10.2. The lowest BCUT2D eigenvalue weighted by Crippen LogP contribution is -2.24. The number of nitrogens with zero attached hydrogens (tertiary/aromatic N) is 1. The average molecular weight is 226 g/mol. The summed E-state index contributed by atoms with van der Waals surface area (Å²) in [4.78, 5) is 5.86. The smallest absolute Gasteiger partial charge is 0.0370 e. The van der Waals surface area contributed by atoms with Crippen LogP contribution in [0.4, 0.5) is 0 Å². The third-order valence-electron chi connectivity index (χ3n) is 3.68. The number of hydrogen-bond donors (Lipinski definition) is 1. The molecule has 1 unspecified atom stereocenters. The van der Waals surface area contributed by atoms with Crippen molar-refractivity contribution < 1.29 is 0 Å². The second kappa shape index (κ2) is 4.38. The molecule has 0 saturated carbocycles. The fourth-order valence-corrected chi connectivity index (χ4v) is 2.72. The van der Waals surface area contributed by atoms with Gasteiger partial charge in [0.05, 0.1) is 0 Å². The third-order valence-corrected chi connectivity index (χ3v) is 3.68. The van der Waals surface area contributed by atoms with Crippen LogP contribution < -0.4 is 0 Å². The van der Waals surface area contributed by atoms with Gasteiger partial charge in [-0.3, -0.25) is 0 Å². The molecule has 0 radical (unpaired) electrons. The van der Waals surface area contributed by atoms with Gasteiger partial charge >= 0.3 is 0 Å². The Bertz CT molecular complexity index is 487. The molecule has 17 heavy (non-hydrogen) atoms. The Labute approximate surface area is 102 Å². The summed E-state index contributed by atoms with van der Waals surface area (Å²) in [6.07, 6.45) is 3.23. The molecule has 0 amide bonds. The lowest BCUT2D eigenvalue weighted by atomic mass is 9.93. The highest BCUT2D eigenvalue weighted by atomic mass is 15.1. The van der Waals surface area contributed by atoms with Gasteiger partial charge in [0.25, 0.3) is 0 Å². The van der Waals surface area contributed by atoms with Crippen molar-refractivity contribution in [1.82, 2.24) is 9.88 Å². The molecular formula is C15H18N2. The largest absolute Gasteiger partial charge is 0.364 e. The molecule has 0 bridgehead atoms. The Morgan fingerprint density at radius 3 is 2.82 bits per heavy atom. The summed E-state index contributed by atoms with van der Waals surface area (Å²) in [6.45, 7) is 2.24. The first-order valence-corrected chi connectivity index (χ1v) is 6.24. The summed E-state index contributed by atoms with van der Waals surface area (Å²) >= 11 is 0. The second-order valence-corrected chi connectivity index (χ2v) is 4.89. The number of hydrogen-bond acceptors (Lipinski definition) is 1. The van der Waals surface area contributed by atoms with Crippen molar-refractivity contribution in [3.8, 4) is 0 Å². The number of aromatic nitrogens is 1. The van der Waals surface area contributed by atoms with Crippen LogP contribution in [-0.4, -0.2) is 30.0 Å². The van der Waals surface area contributed by atoms with Gasteiger partial charge in [0.15, 0.2) is 0 Å². The van der Waals surface area contributed by atoms with Crippen molar-refractivity contribution in [1.29, 1.82) is 0 Å². The predicted molar refractivity (Wildman–Crippen MR) is 70.3 cm³/mol.